The number of ether oxygens (including phenoxy) is 1. The monoisotopic (exact) mass is 448 g/mol. The smallest absolute Gasteiger partial charge is 0.176 e. The molecule has 1 aliphatic heterocycles. The molecule has 1 fully saturated rings. The quantitative estimate of drug-likeness (QED) is 0.427. The Morgan fingerprint density at radius 2 is 1.90 bits per heavy atom. The van der Waals surface area contributed by atoms with Gasteiger partial charge in [-0.2, -0.15) is 0 Å². The van der Waals surface area contributed by atoms with Crippen molar-refractivity contribution in [3.63, 3.8) is 0 Å². The van der Waals surface area contributed by atoms with Gasteiger partial charge in [0.05, 0.1) is 6.61 Å². The van der Waals surface area contributed by atoms with Crippen LogP contribution in [0.3, 0.4) is 0 Å². The topological polar surface area (TPSA) is 53.8 Å². The number of nitrogens with zero attached hydrogens (tertiary/aromatic N) is 2. The fraction of sp³-hybridized carbons (Fsp3) is 0.333. The maximum Gasteiger partial charge on any atom is 0.176 e. The van der Waals surface area contributed by atoms with Gasteiger partial charge in [-0.05, 0) is 80.1 Å². The van der Waals surface area contributed by atoms with E-state index in [4.69, 9.17) is 46.5 Å². The van der Waals surface area contributed by atoms with E-state index in [-0.39, 0.29) is 5.11 Å². The number of hydrogen-bond donors (Lipinski definition) is 2. The SMILES string of the molecule is NC(=S)Nc1cccc(OCCCCCN2CCN(c3ccc(Cl)cc3)C2=S)c1. The third kappa shape index (κ3) is 6.45. The fourth-order valence-electron chi connectivity index (χ4n) is 3.23. The van der Waals surface area contributed by atoms with Crippen molar-refractivity contribution in [1.29, 1.82) is 0 Å². The van der Waals surface area contributed by atoms with Crippen LogP contribution in [0.1, 0.15) is 19.3 Å². The third-order valence-electron chi connectivity index (χ3n) is 4.68. The molecule has 0 radical (unpaired) electrons. The van der Waals surface area contributed by atoms with Gasteiger partial charge in [0.2, 0.25) is 0 Å². The Labute approximate surface area is 187 Å². The van der Waals surface area contributed by atoms with Gasteiger partial charge in [0.1, 0.15) is 5.75 Å². The molecule has 3 rings (SSSR count). The molecule has 0 amide bonds. The second kappa shape index (κ2) is 10.6. The molecule has 0 spiro atoms. The van der Waals surface area contributed by atoms with Gasteiger partial charge in [0, 0.05) is 42.1 Å². The van der Waals surface area contributed by atoms with Crippen LogP contribution in [0.4, 0.5) is 11.4 Å². The van der Waals surface area contributed by atoms with E-state index in [2.05, 4.69) is 15.1 Å². The van der Waals surface area contributed by atoms with Gasteiger partial charge in [-0.1, -0.05) is 17.7 Å². The Bertz CT molecular complexity index is 847. The number of anilines is 2. The van der Waals surface area contributed by atoms with Crippen LogP contribution >= 0.6 is 36.0 Å². The maximum atomic E-state index is 5.97. The number of benzene rings is 2. The second-order valence-electron chi connectivity index (χ2n) is 6.82. The zero-order chi connectivity index (χ0) is 20.6. The van der Waals surface area contributed by atoms with Crippen molar-refractivity contribution in [3.8, 4) is 5.75 Å². The van der Waals surface area contributed by atoms with Crippen LogP contribution in [0.25, 0.3) is 0 Å². The summed E-state index contributed by atoms with van der Waals surface area (Å²) < 4.78 is 5.82. The van der Waals surface area contributed by atoms with Gasteiger partial charge in [0.15, 0.2) is 10.2 Å². The zero-order valence-corrected chi connectivity index (χ0v) is 18.5. The van der Waals surface area contributed by atoms with E-state index in [1.54, 1.807) is 0 Å². The van der Waals surface area contributed by atoms with E-state index in [1.165, 1.54) is 0 Å². The molecule has 2 aromatic carbocycles. The fourth-order valence-corrected chi connectivity index (χ4v) is 3.85. The number of thiocarbonyl (C=S) groups is 2. The van der Waals surface area contributed by atoms with Crippen molar-refractivity contribution < 1.29 is 4.74 Å². The lowest BCUT2D eigenvalue weighted by Crippen LogP contribution is -2.32. The van der Waals surface area contributed by atoms with Crippen LogP contribution in [0, 0.1) is 0 Å². The first-order valence-corrected chi connectivity index (χ1v) is 10.8. The van der Waals surface area contributed by atoms with Gasteiger partial charge in [-0.15, -0.1) is 0 Å². The molecule has 1 saturated heterocycles. The van der Waals surface area contributed by atoms with Crippen molar-refractivity contribution in [1.82, 2.24) is 4.90 Å². The zero-order valence-electron chi connectivity index (χ0n) is 16.1. The lowest BCUT2D eigenvalue weighted by atomic mass is 10.2. The minimum atomic E-state index is 0.247. The number of hydrogen-bond acceptors (Lipinski definition) is 3. The van der Waals surface area contributed by atoms with Crippen LogP contribution in [0.15, 0.2) is 48.5 Å². The number of rotatable bonds is 9. The standard InChI is InChI=1S/C21H25ClN4OS2/c22-16-7-9-18(10-8-16)26-13-12-25(21(26)29)11-2-1-3-14-27-19-6-4-5-17(15-19)24-20(23)28/h4-10,15H,1-3,11-14H2,(H3,23,24,28). The van der Waals surface area contributed by atoms with Crippen molar-refractivity contribution in [3.05, 3.63) is 53.6 Å². The Morgan fingerprint density at radius 1 is 1.10 bits per heavy atom. The predicted molar refractivity (Wildman–Crippen MR) is 129 cm³/mol. The van der Waals surface area contributed by atoms with E-state index in [0.717, 1.165) is 66.2 Å². The molecule has 8 heteroatoms. The Kier molecular flexibility index (Phi) is 7.91. The maximum absolute atomic E-state index is 5.97. The molecule has 0 unspecified atom stereocenters. The first kappa shape index (κ1) is 21.6. The van der Waals surface area contributed by atoms with Crippen LogP contribution < -0.4 is 20.7 Å². The highest BCUT2D eigenvalue weighted by Gasteiger charge is 2.25. The first-order chi connectivity index (χ1) is 14.0. The Hall–Kier alpha value is -2.09. The summed E-state index contributed by atoms with van der Waals surface area (Å²) in [5.41, 5.74) is 7.43. The van der Waals surface area contributed by atoms with Crippen LogP contribution in [-0.2, 0) is 0 Å². The molecule has 1 heterocycles. The van der Waals surface area contributed by atoms with E-state index in [1.807, 2.05) is 48.5 Å². The van der Waals surface area contributed by atoms with Crippen LogP contribution in [0.2, 0.25) is 5.02 Å². The van der Waals surface area contributed by atoms with Crippen molar-refractivity contribution in [2.75, 3.05) is 36.5 Å². The van der Waals surface area contributed by atoms with Crippen molar-refractivity contribution in [2.45, 2.75) is 19.3 Å². The van der Waals surface area contributed by atoms with Gasteiger partial charge in [-0.3, -0.25) is 0 Å². The normalized spacial score (nSPS) is 13.6. The predicted octanol–water partition coefficient (Wildman–Crippen LogP) is 4.65. The highest BCUT2D eigenvalue weighted by Crippen LogP contribution is 2.23. The third-order valence-corrected chi connectivity index (χ3v) is 5.51. The number of halogens is 1. The summed E-state index contributed by atoms with van der Waals surface area (Å²) in [6, 6.07) is 15.5. The molecule has 0 saturated carbocycles. The highest BCUT2D eigenvalue weighted by molar-refractivity contribution is 7.80. The van der Waals surface area contributed by atoms with Crippen LogP contribution in [-0.4, -0.2) is 41.4 Å². The number of nitrogens with one attached hydrogen (secondary N) is 1. The molecule has 3 N–H and O–H groups in total. The highest BCUT2D eigenvalue weighted by atomic mass is 35.5. The number of unbranched alkanes of at least 4 members (excludes halogenated alkanes) is 2. The Morgan fingerprint density at radius 3 is 2.66 bits per heavy atom. The first-order valence-electron chi connectivity index (χ1n) is 9.64. The average molecular weight is 449 g/mol. The lowest BCUT2D eigenvalue weighted by molar-refractivity contribution is 0.302. The number of nitrogens with two attached hydrogens (primary N) is 1. The van der Waals surface area contributed by atoms with Crippen molar-refractivity contribution >= 4 is 57.6 Å². The van der Waals surface area contributed by atoms with Gasteiger partial charge in [0.25, 0.3) is 0 Å². The molecule has 0 atom stereocenters. The van der Waals surface area contributed by atoms with Gasteiger partial charge >= 0.3 is 0 Å². The molecule has 2 aromatic rings. The summed E-state index contributed by atoms with van der Waals surface area (Å²) in [4.78, 5) is 4.44. The molecule has 0 aliphatic carbocycles. The molecule has 154 valence electrons. The summed E-state index contributed by atoms with van der Waals surface area (Å²) in [5, 5.41) is 4.79. The van der Waals surface area contributed by atoms with E-state index >= 15 is 0 Å². The summed E-state index contributed by atoms with van der Waals surface area (Å²) in [7, 11) is 0. The van der Waals surface area contributed by atoms with Gasteiger partial charge < -0.3 is 25.6 Å². The molecular weight excluding hydrogens is 424 g/mol. The second-order valence-corrected chi connectivity index (χ2v) is 8.07. The molecule has 0 aromatic heterocycles. The van der Waals surface area contributed by atoms with E-state index < -0.39 is 0 Å². The summed E-state index contributed by atoms with van der Waals surface area (Å²) >= 11 is 16.5. The summed E-state index contributed by atoms with van der Waals surface area (Å²) in [6.07, 6.45) is 3.17. The van der Waals surface area contributed by atoms with E-state index in [9.17, 15) is 0 Å². The minimum Gasteiger partial charge on any atom is -0.494 e. The van der Waals surface area contributed by atoms with Crippen molar-refractivity contribution in [2.24, 2.45) is 5.73 Å². The summed E-state index contributed by atoms with van der Waals surface area (Å²) in [6.45, 7) is 3.52. The molecule has 1 aliphatic rings. The van der Waals surface area contributed by atoms with Crippen LogP contribution in [0.5, 0.6) is 5.75 Å². The molecule has 29 heavy (non-hydrogen) atoms. The largest absolute Gasteiger partial charge is 0.494 e. The molecule has 5 nitrogen and oxygen atoms in total. The Balaban J connectivity index is 1.34. The molecule has 0 bridgehead atoms. The van der Waals surface area contributed by atoms with Gasteiger partial charge in [-0.25, -0.2) is 0 Å². The lowest BCUT2D eigenvalue weighted by Gasteiger charge is -2.22. The summed E-state index contributed by atoms with van der Waals surface area (Å²) in [5.74, 6) is 0.811. The minimum absolute atomic E-state index is 0.247. The molecular formula is C21H25ClN4OS2. The van der Waals surface area contributed by atoms with E-state index in [0.29, 0.717) is 6.61 Å². The average Bonchev–Trinajstić information content (AvgIpc) is 3.05.